The minimum absolute atomic E-state index is 0.180. The summed E-state index contributed by atoms with van der Waals surface area (Å²) >= 11 is 0. The van der Waals surface area contributed by atoms with E-state index < -0.39 is 0 Å². The van der Waals surface area contributed by atoms with Crippen molar-refractivity contribution in [2.45, 2.75) is 55.6 Å². The molecule has 1 aliphatic heterocycles. The molecule has 3 fully saturated rings. The molecule has 0 radical (unpaired) electrons. The number of phenolic OH excluding ortho intramolecular Hbond substituents is 1. The summed E-state index contributed by atoms with van der Waals surface area (Å²) in [5.41, 5.74) is 2.41. The van der Waals surface area contributed by atoms with Gasteiger partial charge < -0.3 is 10.2 Å². The van der Waals surface area contributed by atoms with E-state index in [4.69, 9.17) is 0 Å². The molecule has 1 heterocycles. The maximum absolute atomic E-state index is 11.3. The molecule has 142 valence electrons. The van der Waals surface area contributed by atoms with Crippen molar-refractivity contribution in [1.29, 1.82) is 0 Å². The number of piperidine rings is 1. The SMILES string of the molecule is Oc1cccc([C@]23CCC[C@H]([C@@H]2O)N(C[C@@H]2C[C@@H]2c2ccccc2)CC3)c1. The molecular formula is C24H29NO2. The fraction of sp³-hybridized carbons (Fsp3) is 0.500. The number of nitrogens with zero attached hydrogens (tertiary/aromatic N) is 1. The predicted octanol–water partition coefficient (Wildman–Crippen LogP) is 4.05. The fourth-order valence-corrected chi connectivity index (χ4v) is 5.83. The zero-order valence-electron chi connectivity index (χ0n) is 15.8. The van der Waals surface area contributed by atoms with Crippen LogP contribution in [0.15, 0.2) is 54.6 Å². The Morgan fingerprint density at radius 2 is 1.89 bits per heavy atom. The molecule has 1 saturated heterocycles. The number of aliphatic hydroxyl groups is 1. The summed E-state index contributed by atoms with van der Waals surface area (Å²) in [6.45, 7) is 2.16. The summed E-state index contributed by atoms with van der Waals surface area (Å²) in [6.07, 6.45) is 5.19. The number of aliphatic hydroxyl groups excluding tert-OH is 1. The van der Waals surface area contributed by atoms with Crippen molar-refractivity contribution in [3.63, 3.8) is 0 Å². The van der Waals surface area contributed by atoms with Crippen LogP contribution in [0, 0.1) is 5.92 Å². The quantitative estimate of drug-likeness (QED) is 0.861. The molecule has 0 amide bonds. The summed E-state index contributed by atoms with van der Waals surface area (Å²) in [6, 6.07) is 18.7. The van der Waals surface area contributed by atoms with Gasteiger partial charge in [0.2, 0.25) is 0 Å². The lowest BCUT2D eigenvalue weighted by atomic mass is 9.61. The summed E-state index contributed by atoms with van der Waals surface area (Å²) in [7, 11) is 0. The number of aromatic hydroxyl groups is 1. The highest BCUT2D eigenvalue weighted by Gasteiger charge is 2.52. The Labute approximate surface area is 161 Å². The molecular weight excluding hydrogens is 334 g/mol. The first kappa shape index (κ1) is 17.3. The second kappa shape index (κ2) is 6.65. The van der Waals surface area contributed by atoms with Crippen molar-refractivity contribution in [3.05, 3.63) is 65.7 Å². The minimum atomic E-state index is -0.337. The van der Waals surface area contributed by atoms with E-state index in [-0.39, 0.29) is 17.6 Å². The molecule has 5 atom stereocenters. The first-order chi connectivity index (χ1) is 13.2. The zero-order chi connectivity index (χ0) is 18.4. The van der Waals surface area contributed by atoms with Gasteiger partial charge in [0.25, 0.3) is 0 Å². The highest BCUT2D eigenvalue weighted by atomic mass is 16.3. The topological polar surface area (TPSA) is 43.7 Å². The Bertz CT molecular complexity index is 807. The summed E-state index contributed by atoms with van der Waals surface area (Å²) in [5.74, 6) is 1.74. The predicted molar refractivity (Wildman–Crippen MR) is 107 cm³/mol. The van der Waals surface area contributed by atoms with Crippen LogP contribution < -0.4 is 0 Å². The molecule has 2 bridgehead atoms. The molecule has 2 saturated carbocycles. The van der Waals surface area contributed by atoms with Gasteiger partial charge in [-0.1, -0.05) is 48.9 Å². The molecule has 2 N–H and O–H groups in total. The van der Waals surface area contributed by atoms with E-state index in [1.165, 1.54) is 12.0 Å². The Kier molecular flexibility index (Phi) is 4.25. The molecule has 2 aliphatic carbocycles. The van der Waals surface area contributed by atoms with Crippen molar-refractivity contribution in [2.75, 3.05) is 13.1 Å². The third-order valence-corrected chi connectivity index (χ3v) is 7.41. The van der Waals surface area contributed by atoms with Crippen LogP contribution in [0.25, 0.3) is 0 Å². The highest BCUT2D eigenvalue weighted by Crippen LogP contribution is 2.51. The number of benzene rings is 2. The van der Waals surface area contributed by atoms with Gasteiger partial charge in [-0.3, -0.25) is 4.90 Å². The number of hydrogen-bond donors (Lipinski definition) is 2. The fourth-order valence-electron chi connectivity index (χ4n) is 5.83. The maximum Gasteiger partial charge on any atom is 0.115 e. The molecule has 3 nitrogen and oxygen atoms in total. The van der Waals surface area contributed by atoms with Crippen molar-refractivity contribution in [3.8, 4) is 5.75 Å². The maximum atomic E-state index is 11.3. The van der Waals surface area contributed by atoms with Crippen LogP contribution in [0.2, 0.25) is 0 Å². The molecule has 2 aromatic rings. The Morgan fingerprint density at radius 3 is 2.70 bits per heavy atom. The minimum Gasteiger partial charge on any atom is -0.508 e. The summed E-state index contributed by atoms with van der Waals surface area (Å²) < 4.78 is 0. The van der Waals surface area contributed by atoms with E-state index in [1.807, 2.05) is 12.1 Å². The van der Waals surface area contributed by atoms with Crippen LogP contribution >= 0.6 is 0 Å². The normalized spacial score (nSPS) is 35.7. The van der Waals surface area contributed by atoms with E-state index in [2.05, 4.69) is 41.3 Å². The average molecular weight is 364 g/mol. The first-order valence-corrected chi connectivity index (χ1v) is 10.4. The van der Waals surface area contributed by atoms with Gasteiger partial charge in [-0.25, -0.2) is 0 Å². The second-order valence-electron chi connectivity index (χ2n) is 8.87. The van der Waals surface area contributed by atoms with Crippen molar-refractivity contribution in [1.82, 2.24) is 4.90 Å². The average Bonchev–Trinajstić information content (AvgIpc) is 3.44. The van der Waals surface area contributed by atoms with Gasteiger partial charge in [0.1, 0.15) is 5.75 Å². The van der Waals surface area contributed by atoms with E-state index in [9.17, 15) is 10.2 Å². The van der Waals surface area contributed by atoms with E-state index in [1.54, 1.807) is 6.07 Å². The highest BCUT2D eigenvalue weighted by molar-refractivity contribution is 5.36. The lowest BCUT2D eigenvalue weighted by Crippen LogP contribution is -2.62. The third kappa shape index (κ3) is 2.97. The molecule has 3 heteroatoms. The Hall–Kier alpha value is -1.84. The molecule has 3 aliphatic rings. The standard InChI is InChI=1S/C24H29NO2/c26-20-9-4-8-19(15-20)24-11-5-10-22(23(24)27)25(13-12-24)16-18-14-21(18)17-6-2-1-3-7-17/h1-4,6-9,15,18,21-23,26-27H,5,10-14,16H2/t18-,21+,22+,23-,24+/m0/s1. The van der Waals surface area contributed by atoms with Gasteiger partial charge in [-0.05, 0) is 67.3 Å². The Balaban J connectivity index is 1.32. The molecule has 27 heavy (non-hydrogen) atoms. The molecule has 0 spiro atoms. The van der Waals surface area contributed by atoms with Gasteiger partial charge in [0.15, 0.2) is 0 Å². The van der Waals surface area contributed by atoms with Gasteiger partial charge in [0, 0.05) is 18.0 Å². The van der Waals surface area contributed by atoms with Crippen LogP contribution in [0.4, 0.5) is 0 Å². The van der Waals surface area contributed by atoms with E-state index in [0.29, 0.717) is 11.7 Å². The molecule has 5 rings (SSSR count). The van der Waals surface area contributed by atoms with Crippen molar-refractivity contribution in [2.24, 2.45) is 5.92 Å². The first-order valence-electron chi connectivity index (χ1n) is 10.4. The van der Waals surface area contributed by atoms with E-state index in [0.717, 1.165) is 50.3 Å². The number of hydrogen-bond acceptors (Lipinski definition) is 3. The number of likely N-dealkylation sites (tertiary alicyclic amines) is 1. The van der Waals surface area contributed by atoms with Crippen molar-refractivity contribution >= 4 is 0 Å². The second-order valence-corrected chi connectivity index (χ2v) is 8.87. The zero-order valence-corrected chi connectivity index (χ0v) is 15.8. The lowest BCUT2D eigenvalue weighted by molar-refractivity contribution is -0.0779. The summed E-state index contributed by atoms with van der Waals surface area (Å²) in [4.78, 5) is 2.57. The molecule has 0 unspecified atom stereocenters. The van der Waals surface area contributed by atoms with Crippen LogP contribution in [-0.2, 0) is 5.41 Å². The number of fused-ring (bicyclic) bond motifs is 2. The van der Waals surface area contributed by atoms with E-state index >= 15 is 0 Å². The van der Waals surface area contributed by atoms with Gasteiger partial charge >= 0.3 is 0 Å². The summed E-state index contributed by atoms with van der Waals surface area (Å²) in [5, 5.41) is 21.3. The smallest absolute Gasteiger partial charge is 0.115 e. The van der Waals surface area contributed by atoms with Gasteiger partial charge in [-0.2, -0.15) is 0 Å². The number of phenols is 1. The number of rotatable bonds is 4. The largest absolute Gasteiger partial charge is 0.508 e. The van der Waals surface area contributed by atoms with Crippen LogP contribution in [0.5, 0.6) is 5.75 Å². The van der Waals surface area contributed by atoms with Gasteiger partial charge in [-0.15, -0.1) is 0 Å². The van der Waals surface area contributed by atoms with Crippen LogP contribution in [0.3, 0.4) is 0 Å². The molecule has 0 aromatic heterocycles. The monoisotopic (exact) mass is 363 g/mol. The molecule has 2 aromatic carbocycles. The Morgan fingerprint density at radius 1 is 1.04 bits per heavy atom. The van der Waals surface area contributed by atoms with Crippen LogP contribution in [-0.4, -0.2) is 40.3 Å². The van der Waals surface area contributed by atoms with Crippen LogP contribution in [0.1, 0.15) is 49.1 Å². The van der Waals surface area contributed by atoms with Gasteiger partial charge in [0.05, 0.1) is 6.10 Å². The third-order valence-electron chi connectivity index (χ3n) is 7.41. The lowest BCUT2D eigenvalue weighted by Gasteiger charge is -2.54. The van der Waals surface area contributed by atoms with Crippen molar-refractivity contribution < 1.29 is 10.2 Å².